The van der Waals surface area contributed by atoms with Crippen molar-refractivity contribution in [2.45, 2.75) is 44.4 Å². The van der Waals surface area contributed by atoms with Gasteiger partial charge in [-0.15, -0.1) is 0 Å². The maximum atomic E-state index is 12.9. The number of amides is 1. The Bertz CT molecular complexity index is 947. The van der Waals surface area contributed by atoms with E-state index < -0.39 is 10.0 Å². The normalized spacial score (nSPS) is 15.8. The Morgan fingerprint density at radius 1 is 1.10 bits per heavy atom. The van der Waals surface area contributed by atoms with Gasteiger partial charge in [-0.05, 0) is 29.0 Å². The quantitative estimate of drug-likeness (QED) is 0.749. The lowest BCUT2D eigenvalue weighted by molar-refractivity contribution is 0.0730. The van der Waals surface area contributed by atoms with Crippen LogP contribution >= 0.6 is 0 Å². The van der Waals surface area contributed by atoms with Gasteiger partial charge in [0.15, 0.2) is 0 Å². The lowest BCUT2D eigenvalue weighted by Gasteiger charge is -2.25. The second-order valence-corrected chi connectivity index (χ2v) is 9.78. The van der Waals surface area contributed by atoms with Gasteiger partial charge in [-0.25, -0.2) is 8.42 Å². The van der Waals surface area contributed by atoms with Gasteiger partial charge in [0.2, 0.25) is 10.0 Å². The Balaban J connectivity index is 1.86. The van der Waals surface area contributed by atoms with Crippen LogP contribution in [0.3, 0.4) is 0 Å². The number of carbonyl (C=O) groups is 1. The lowest BCUT2D eigenvalue weighted by atomic mass is 9.92. The summed E-state index contributed by atoms with van der Waals surface area (Å²) < 4.78 is 32.2. The molecule has 158 valence electrons. The molecule has 1 amide bonds. The number of nitrogens with zero attached hydrogens (tertiary/aromatic N) is 1. The minimum absolute atomic E-state index is 0.0887. The summed E-state index contributed by atoms with van der Waals surface area (Å²) >= 11 is 0. The van der Waals surface area contributed by atoms with Gasteiger partial charge in [0.05, 0.1) is 13.2 Å². The first-order chi connectivity index (χ1) is 13.7. The molecule has 8 heteroatoms. The molecule has 1 saturated heterocycles. The summed E-state index contributed by atoms with van der Waals surface area (Å²) in [4.78, 5) is 15.8. The van der Waals surface area contributed by atoms with Crippen LogP contribution in [0.4, 0.5) is 5.69 Å². The van der Waals surface area contributed by atoms with Gasteiger partial charge in [0, 0.05) is 25.0 Å². The monoisotopic (exact) mass is 419 g/mol. The molecule has 3 rings (SSSR count). The summed E-state index contributed by atoms with van der Waals surface area (Å²) in [6.07, 6.45) is 1.37. The fourth-order valence-corrected chi connectivity index (χ4v) is 4.87. The molecule has 0 radical (unpaired) electrons. The van der Waals surface area contributed by atoms with Crippen molar-refractivity contribution < 1.29 is 17.9 Å². The van der Waals surface area contributed by atoms with Crippen molar-refractivity contribution in [1.29, 1.82) is 0 Å². The molecule has 2 N–H and O–H groups in total. The third kappa shape index (κ3) is 4.55. The largest absolute Gasteiger partial charge is 0.379 e. The van der Waals surface area contributed by atoms with Gasteiger partial charge >= 0.3 is 0 Å². The fourth-order valence-electron chi connectivity index (χ4n) is 3.47. The zero-order chi connectivity index (χ0) is 21.2. The minimum Gasteiger partial charge on any atom is -0.379 e. The Labute approximate surface area is 172 Å². The van der Waals surface area contributed by atoms with Crippen molar-refractivity contribution in [2.75, 3.05) is 31.6 Å². The summed E-state index contributed by atoms with van der Waals surface area (Å²) in [7, 11) is -3.65. The van der Waals surface area contributed by atoms with Crippen molar-refractivity contribution in [3.05, 3.63) is 47.3 Å². The number of morpholine rings is 1. The number of para-hydroxylation sites is 1. The number of ether oxygens (including phenoxy) is 1. The van der Waals surface area contributed by atoms with Crippen LogP contribution in [0.25, 0.3) is 0 Å². The maximum absolute atomic E-state index is 12.9. The zero-order valence-corrected chi connectivity index (χ0v) is 18.2. The smallest absolute Gasteiger partial charge is 0.272 e. The molecule has 1 aliphatic heterocycles. The van der Waals surface area contributed by atoms with Crippen LogP contribution in [0, 0.1) is 0 Å². The van der Waals surface area contributed by atoms with E-state index in [1.54, 1.807) is 0 Å². The molecular weight excluding hydrogens is 390 g/mol. The molecule has 7 nitrogen and oxygen atoms in total. The number of carbonyl (C=O) groups excluding carboxylic acids is 1. The molecule has 2 aromatic rings. The molecule has 1 aromatic carbocycles. The average Bonchev–Trinajstić information content (AvgIpc) is 3.19. The van der Waals surface area contributed by atoms with Gasteiger partial charge in [0.25, 0.3) is 5.91 Å². The summed E-state index contributed by atoms with van der Waals surface area (Å²) in [5.41, 5.74) is 3.12. The van der Waals surface area contributed by atoms with Gasteiger partial charge in [-0.3, -0.25) is 4.79 Å². The second kappa shape index (κ2) is 8.69. The van der Waals surface area contributed by atoms with E-state index in [1.165, 1.54) is 16.6 Å². The number of aromatic amines is 1. The molecule has 0 saturated carbocycles. The van der Waals surface area contributed by atoms with Gasteiger partial charge in [0.1, 0.15) is 10.6 Å². The molecule has 29 heavy (non-hydrogen) atoms. The third-order valence-electron chi connectivity index (χ3n) is 5.12. The van der Waals surface area contributed by atoms with E-state index in [1.807, 2.05) is 18.2 Å². The Morgan fingerprint density at radius 2 is 1.69 bits per heavy atom. The SMILES string of the molecule is CC(C)c1cccc(C(C)C)c1NC(=O)c1cc(S(=O)(=O)N2CCOCC2)c[nH]1. The predicted molar refractivity (Wildman–Crippen MR) is 113 cm³/mol. The van der Waals surface area contributed by atoms with Gasteiger partial charge in [-0.1, -0.05) is 45.9 Å². The molecule has 1 fully saturated rings. The minimum atomic E-state index is -3.65. The molecule has 2 heterocycles. The number of rotatable bonds is 6. The summed E-state index contributed by atoms with van der Waals surface area (Å²) in [5.74, 6) is 0.123. The number of hydrogen-bond acceptors (Lipinski definition) is 4. The van der Waals surface area contributed by atoms with E-state index in [-0.39, 0.29) is 28.3 Å². The lowest BCUT2D eigenvalue weighted by Crippen LogP contribution is -2.40. The van der Waals surface area contributed by atoms with E-state index in [0.29, 0.717) is 26.3 Å². The predicted octanol–water partition coefficient (Wildman–Crippen LogP) is 3.53. The Morgan fingerprint density at radius 3 is 2.24 bits per heavy atom. The summed E-state index contributed by atoms with van der Waals surface area (Å²) in [6, 6.07) is 7.42. The average molecular weight is 420 g/mol. The van der Waals surface area contributed by atoms with Crippen molar-refractivity contribution in [1.82, 2.24) is 9.29 Å². The topological polar surface area (TPSA) is 91.5 Å². The highest BCUT2D eigenvalue weighted by atomic mass is 32.2. The van der Waals surface area contributed by atoms with E-state index >= 15 is 0 Å². The number of anilines is 1. The van der Waals surface area contributed by atoms with E-state index in [0.717, 1.165) is 16.8 Å². The molecular formula is C21H29N3O4S. The third-order valence-corrected chi connectivity index (χ3v) is 7.00. The summed E-state index contributed by atoms with van der Waals surface area (Å²) in [6.45, 7) is 9.70. The van der Waals surface area contributed by atoms with Crippen molar-refractivity contribution in [3.63, 3.8) is 0 Å². The van der Waals surface area contributed by atoms with Crippen LogP contribution in [0.2, 0.25) is 0 Å². The molecule has 0 atom stereocenters. The van der Waals surface area contributed by atoms with Crippen LogP contribution in [0.15, 0.2) is 35.4 Å². The van der Waals surface area contributed by atoms with E-state index in [4.69, 9.17) is 4.74 Å². The highest BCUT2D eigenvalue weighted by molar-refractivity contribution is 7.89. The fraction of sp³-hybridized carbons (Fsp3) is 0.476. The first-order valence-corrected chi connectivity index (χ1v) is 11.4. The number of H-pyrrole nitrogens is 1. The Kier molecular flexibility index (Phi) is 6.45. The van der Waals surface area contributed by atoms with Crippen LogP contribution in [-0.4, -0.2) is 49.9 Å². The number of hydrogen-bond donors (Lipinski definition) is 2. The van der Waals surface area contributed by atoms with Gasteiger partial charge < -0.3 is 15.0 Å². The first kappa shape index (κ1) is 21.5. The molecule has 1 aliphatic rings. The maximum Gasteiger partial charge on any atom is 0.272 e. The number of benzene rings is 1. The molecule has 0 unspecified atom stereocenters. The van der Waals surface area contributed by atoms with Crippen LogP contribution in [0.5, 0.6) is 0 Å². The standard InChI is InChI=1S/C21H29N3O4S/c1-14(2)17-6-5-7-18(15(3)4)20(17)23-21(25)19-12-16(13-22-19)29(26,27)24-8-10-28-11-9-24/h5-7,12-15,22H,8-11H2,1-4H3,(H,23,25). The molecule has 0 spiro atoms. The molecule has 0 aliphatic carbocycles. The first-order valence-electron chi connectivity index (χ1n) is 9.92. The second-order valence-electron chi connectivity index (χ2n) is 7.84. The highest BCUT2D eigenvalue weighted by Gasteiger charge is 2.28. The molecule has 0 bridgehead atoms. The van der Waals surface area contributed by atoms with Crippen LogP contribution in [-0.2, 0) is 14.8 Å². The number of sulfonamides is 1. The van der Waals surface area contributed by atoms with Crippen molar-refractivity contribution >= 4 is 21.6 Å². The van der Waals surface area contributed by atoms with Crippen molar-refractivity contribution in [2.24, 2.45) is 0 Å². The number of nitrogens with one attached hydrogen (secondary N) is 2. The molecule has 1 aromatic heterocycles. The zero-order valence-electron chi connectivity index (χ0n) is 17.4. The number of aromatic nitrogens is 1. The van der Waals surface area contributed by atoms with Crippen LogP contribution < -0.4 is 5.32 Å². The van der Waals surface area contributed by atoms with E-state index in [2.05, 4.69) is 38.0 Å². The van der Waals surface area contributed by atoms with Gasteiger partial charge in [-0.2, -0.15) is 4.31 Å². The summed E-state index contributed by atoms with van der Waals surface area (Å²) in [5, 5.41) is 3.00. The van der Waals surface area contributed by atoms with E-state index in [9.17, 15) is 13.2 Å². The highest BCUT2D eigenvalue weighted by Crippen LogP contribution is 2.32. The Hall–Kier alpha value is -2.16. The van der Waals surface area contributed by atoms with Crippen LogP contribution in [0.1, 0.15) is 61.1 Å². The van der Waals surface area contributed by atoms with Crippen molar-refractivity contribution in [3.8, 4) is 0 Å².